The molecule has 2 rings (SSSR count). The number of hydrogen-bond donors (Lipinski definition) is 2. The van der Waals surface area contributed by atoms with Crippen LogP contribution in [0.5, 0.6) is 11.5 Å². The second-order valence-corrected chi connectivity index (χ2v) is 14.7. The molecule has 2 N–H and O–H groups in total. The van der Waals surface area contributed by atoms with E-state index in [1.807, 2.05) is 64.1 Å². The maximum absolute atomic E-state index is 9.21. The van der Waals surface area contributed by atoms with Crippen molar-refractivity contribution in [3.63, 3.8) is 0 Å². The van der Waals surface area contributed by atoms with Crippen LogP contribution in [0.25, 0.3) is 0 Å². The summed E-state index contributed by atoms with van der Waals surface area (Å²) in [7, 11) is 15.0. The molecule has 0 unspecified atom stereocenters. The van der Waals surface area contributed by atoms with Crippen molar-refractivity contribution in [1.29, 1.82) is 0 Å². The van der Waals surface area contributed by atoms with E-state index in [1.54, 1.807) is 0 Å². The van der Waals surface area contributed by atoms with E-state index < -0.39 is 15.2 Å². The molecule has 0 spiro atoms. The van der Waals surface area contributed by atoms with Gasteiger partial charge in [0.05, 0.1) is 0 Å². The third kappa shape index (κ3) is 8.94. The van der Waals surface area contributed by atoms with Gasteiger partial charge in [-0.15, -0.1) is 0 Å². The second kappa shape index (κ2) is 11.2. The van der Waals surface area contributed by atoms with Gasteiger partial charge in [-0.25, -0.2) is 0 Å². The van der Waals surface area contributed by atoms with E-state index in [2.05, 4.69) is 0 Å². The van der Waals surface area contributed by atoms with E-state index in [0.29, 0.717) is 11.5 Å². The zero-order chi connectivity index (χ0) is 17.3. The van der Waals surface area contributed by atoms with Gasteiger partial charge in [0.15, 0.2) is 0 Å². The molecular weight excluding hydrogens is 423 g/mol. The van der Waals surface area contributed by atoms with Crippen LogP contribution in [0.3, 0.4) is 0 Å². The first-order valence-corrected chi connectivity index (χ1v) is 14.9. The molecule has 0 saturated heterocycles. The fourth-order valence-electron chi connectivity index (χ4n) is 1.61. The first kappa shape index (κ1) is 21.7. The summed E-state index contributed by atoms with van der Waals surface area (Å²) in [5.41, 5.74) is 3.76. The maximum atomic E-state index is 9.21. The molecule has 0 amide bonds. The Labute approximate surface area is 150 Å². The summed E-state index contributed by atoms with van der Waals surface area (Å²) in [5, 5.41) is 18.4. The Balaban J connectivity index is 0.000000326. The summed E-state index contributed by atoms with van der Waals surface area (Å²) in [5.74, 6) is 0.829. The number of hydrogen-bond acceptors (Lipinski definition) is 2. The van der Waals surface area contributed by atoms with Gasteiger partial charge in [0.1, 0.15) is 11.5 Å². The number of benzene rings is 2. The van der Waals surface area contributed by atoms with Crippen molar-refractivity contribution in [2.24, 2.45) is 0 Å². The monoisotopic (exact) mass is 442 g/mol. The normalized spacial score (nSPS) is 9.45. The minimum absolute atomic E-state index is 0.414. The second-order valence-electron chi connectivity index (χ2n) is 4.67. The van der Waals surface area contributed by atoms with Crippen LogP contribution in [0.4, 0.5) is 0 Å². The molecule has 0 aliphatic rings. The number of rotatable bonds is 0. The molecule has 0 bridgehead atoms. The number of para-hydroxylation sites is 2. The predicted octanol–water partition coefficient (Wildman–Crippen LogP) is 6.08. The summed E-state index contributed by atoms with van der Waals surface area (Å²) in [6.07, 6.45) is 0. The van der Waals surface area contributed by atoms with Gasteiger partial charge in [0.2, 0.25) is 0 Å². The quantitative estimate of drug-likeness (QED) is 0.484. The molecule has 0 saturated carbocycles. The van der Waals surface area contributed by atoms with Gasteiger partial charge in [0.25, 0.3) is 0 Å². The fourth-order valence-corrected chi connectivity index (χ4v) is 1.61. The van der Waals surface area contributed by atoms with Gasteiger partial charge in [-0.3, -0.25) is 0 Å². The first-order chi connectivity index (χ1) is 10.2. The molecule has 0 fully saturated rings. The van der Waals surface area contributed by atoms with Crippen molar-refractivity contribution in [2.75, 3.05) is 0 Å². The molecule has 0 radical (unpaired) electrons. The fraction of sp³-hybridized carbons (Fsp3) is 0.250. The van der Waals surface area contributed by atoms with Crippen LogP contribution in [0, 0.1) is 27.7 Å². The zero-order valence-electron chi connectivity index (χ0n) is 12.9. The Morgan fingerprint density at radius 2 is 0.818 bits per heavy atom. The SMILES string of the molecule is Cc1cccc(C)c1O.Cc1cccc(C)c1O.[Cl][Nb]([Cl])[Cl]. The zero-order valence-corrected chi connectivity index (χ0v) is 17.4. The third-order valence-corrected chi connectivity index (χ3v) is 2.88. The van der Waals surface area contributed by atoms with Gasteiger partial charge in [-0.2, -0.15) is 0 Å². The van der Waals surface area contributed by atoms with E-state index in [4.69, 9.17) is 27.6 Å². The van der Waals surface area contributed by atoms with Crippen LogP contribution >= 0.6 is 27.6 Å². The van der Waals surface area contributed by atoms with Gasteiger partial charge in [-0.05, 0) is 49.9 Å². The molecule has 2 nitrogen and oxygen atoms in total. The Bertz CT molecular complexity index is 497. The standard InChI is InChI=1S/2C8H10O.3ClH.Nb/c2*1-6-4-3-5-7(2)8(6)9;;;;/h2*3-5,9H,1-2H3;3*1H;/q;;;;;+3/p-3. The average molecular weight is 444 g/mol. The molecule has 0 aromatic heterocycles. The van der Waals surface area contributed by atoms with Crippen molar-refractivity contribution >= 4 is 27.6 Å². The third-order valence-electron chi connectivity index (χ3n) is 2.88. The molecule has 0 heterocycles. The predicted molar refractivity (Wildman–Crippen MR) is 92.7 cm³/mol. The van der Waals surface area contributed by atoms with Gasteiger partial charge in [0, 0.05) is 0 Å². The van der Waals surface area contributed by atoms with Crippen molar-refractivity contribution in [3.8, 4) is 11.5 Å². The van der Waals surface area contributed by atoms with E-state index in [0.717, 1.165) is 22.3 Å². The van der Waals surface area contributed by atoms with E-state index in [1.165, 1.54) is 0 Å². The van der Waals surface area contributed by atoms with E-state index in [9.17, 15) is 10.2 Å². The van der Waals surface area contributed by atoms with Crippen LogP contribution in [0.15, 0.2) is 36.4 Å². The number of aryl methyl sites for hydroxylation is 4. The van der Waals surface area contributed by atoms with E-state index >= 15 is 0 Å². The Morgan fingerprint density at radius 3 is 0.955 bits per heavy atom. The molecule has 122 valence electrons. The number of phenolic OH excluding ortho intramolecular Hbond substituents is 2. The van der Waals surface area contributed by atoms with Gasteiger partial charge in [-0.1, -0.05) is 36.4 Å². The van der Waals surface area contributed by atoms with Crippen LogP contribution in [-0.4, -0.2) is 10.2 Å². The van der Waals surface area contributed by atoms with Crippen LogP contribution in [-0.2, 0) is 15.2 Å². The summed E-state index contributed by atoms with van der Waals surface area (Å²) in [6, 6.07) is 11.4. The molecule has 6 heteroatoms. The van der Waals surface area contributed by atoms with Crippen LogP contribution < -0.4 is 0 Å². The van der Waals surface area contributed by atoms with Gasteiger partial charge < -0.3 is 10.2 Å². The topological polar surface area (TPSA) is 40.5 Å². The summed E-state index contributed by atoms with van der Waals surface area (Å²) in [4.78, 5) is 0. The summed E-state index contributed by atoms with van der Waals surface area (Å²) >= 11 is -2.03. The molecule has 0 aliphatic heterocycles. The van der Waals surface area contributed by atoms with Crippen LogP contribution in [0.2, 0.25) is 0 Å². The van der Waals surface area contributed by atoms with Gasteiger partial charge >= 0.3 is 42.8 Å². The van der Waals surface area contributed by atoms with Crippen molar-refractivity contribution in [3.05, 3.63) is 58.7 Å². The molecule has 0 aliphatic carbocycles. The molecule has 22 heavy (non-hydrogen) atoms. The number of halogens is 3. The Kier molecular flexibility index (Phi) is 11.0. The minimum atomic E-state index is -2.03. The summed E-state index contributed by atoms with van der Waals surface area (Å²) in [6.45, 7) is 7.56. The Hall–Kier alpha value is -0.350. The van der Waals surface area contributed by atoms with Crippen molar-refractivity contribution in [1.82, 2.24) is 0 Å². The molecule has 2 aromatic rings. The number of aromatic hydroxyl groups is 2. The molecule has 0 atom stereocenters. The van der Waals surface area contributed by atoms with Crippen LogP contribution in [0.1, 0.15) is 22.3 Å². The first-order valence-electron chi connectivity index (χ1n) is 6.44. The average Bonchev–Trinajstić information content (AvgIpc) is 2.42. The van der Waals surface area contributed by atoms with E-state index in [-0.39, 0.29) is 0 Å². The van der Waals surface area contributed by atoms with Crippen molar-refractivity contribution in [2.45, 2.75) is 27.7 Å². The summed E-state index contributed by atoms with van der Waals surface area (Å²) < 4.78 is 0. The Morgan fingerprint density at radius 1 is 0.636 bits per heavy atom. The number of phenols is 2. The van der Waals surface area contributed by atoms with Crippen molar-refractivity contribution < 1.29 is 25.4 Å². The molecular formula is C16H20Cl3NbO2. The molecule has 2 aromatic carbocycles.